The molecule has 2 fully saturated rings. The summed E-state index contributed by atoms with van der Waals surface area (Å²) in [5, 5.41) is 2.71. The topological polar surface area (TPSA) is 49.4 Å². The van der Waals surface area contributed by atoms with E-state index in [1.54, 1.807) is 4.90 Å². The predicted molar refractivity (Wildman–Crippen MR) is 41.4 cm³/mol. The standard InChI is InChI=1S/C6H8N2O2.Pb.2H/c9-5-3-8-4(7-5)1-2-6(8)10;;;/h4H,1-3H2,(H,7,9);;;. The van der Waals surface area contributed by atoms with Gasteiger partial charge in [0.1, 0.15) is 12.7 Å². The van der Waals surface area contributed by atoms with Crippen molar-refractivity contribution in [2.75, 3.05) is 6.54 Å². The Bertz CT molecular complexity index is 207. The van der Waals surface area contributed by atoms with Crippen molar-refractivity contribution in [1.82, 2.24) is 10.2 Å². The van der Waals surface area contributed by atoms with E-state index in [4.69, 9.17) is 0 Å². The number of carbonyl (C=O) groups excluding carboxylic acids is 2. The Morgan fingerprint density at radius 2 is 2.18 bits per heavy atom. The molecule has 0 aromatic rings. The Labute approximate surface area is 84.5 Å². The van der Waals surface area contributed by atoms with Crippen LogP contribution in [0.3, 0.4) is 0 Å². The molecule has 5 heteroatoms. The molecule has 2 saturated heterocycles. The zero-order valence-corrected chi connectivity index (χ0v) is 11.7. The third-order valence-electron chi connectivity index (χ3n) is 1.97. The van der Waals surface area contributed by atoms with E-state index in [1.165, 1.54) is 0 Å². The SMILES string of the molecule is O=C1CN2C(=O)CCC2N1.[PbH2]. The van der Waals surface area contributed by atoms with Crippen LogP contribution in [0.4, 0.5) is 0 Å². The van der Waals surface area contributed by atoms with Crippen molar-refractivity contribution in [3.63, 3.8) is 0 Å². The summed E-state index contributed by atoms with van der Waals surface area (Å²) in [5.74, 6) is 0.0707. The number of carbonyl (C=O) groups is 2. The second-order valence-corrected chi connectivity index (χ2v) is 2.64. The van der Waals surface area contributed by atoms with Crippen LogP contribution in [0, 0.1) is 0 Å². The molecule has 0 spiro atoms. The number of fused-ring (bicyclic) bond motifs is 1. The Balaban J connectivity index is 0.000000605. The van der Waals surface area contributed by atoms with Crippen LogP contribution in [-0.2, 0) is 9.59 Å². The molecule has 2 amide bonds. The summed E-state index contributed by atoms with van der Waals surface area (Å²) in [7, 11) is 0. The zero-order chi connectivity index (χ0) is 7.14. The molecule has 11 heavy (non-hydrogen) atoms. The molecule has 0 aliphatic carbocycles. The summed E-state index contributed by atoms with van der Waals surface area (Å²) in [5.41, 5.74) is 0. The molecule has 4 nitrogen and oxygen atoms in total. The maximum atomic E-state index is 10.9. The second-order valence-electron chi connectivity index (χ2n) is 2.64. The summed E-state index contributed by atoms with van der Waals surface area (Å²) in [4.78, 5) is 23.2. The molecular weight excluding hydrogens is 339 g/mol. The molecule has 2 aliphatic rings. The van der Waals surface area contributed by atoms with Gasteiger partial charge in [-0.25, -0.2) is 0 Å². The maximum absolute atomic E-state index is 10.9. The van der Waals surface area contributed by atoms with Gasteiger partial charge in [-0.1, -0.05) is 0 Å². The zero-order valence-electron chi connectivity index (χ0n) is 6.17. The van der Waals surface area contributed by atoms with Gasteiger partial charge in [-0.15, -0.1) is 0 Å². The minimum absolute atomic E-state index is 0. The molecule has 2 radical (unpaired) electrons. The van der Waals surface area contributed by atoms with Crippen LogP contribution in [0.15, 0.2) is 0 Å². The normalized spacial score (nSPS) is 28.0. The van der Waals surface area contributed by atoms with Crippen molar-refractivity contribution in [2.45, 2.75) is 19.0 Å². The first-order chi connectivity index (χ1) is 4.77. The molecule has 0 aromatic carbocycles. The molecule has 0 aromatic heterocycles. The first-order valence-corrected chi connectivity index (χ1v) is 3.36. The van der Waals surface area contributed by atoms with Crippen LogP contribution in [0.25, 0.3) is 0 Å². The fourth-order valence-electron chi connectivity index (χ4n) is 1.47. The van der Waals surface area contributed by atoms with E-state index < -0.39 is 0 Å². The van der Waals surface area contributed by atoms with Gasteiger partial charge in [-0.05, 0) is 6.42 Å². The molecule has 2 aliphatic heterocycles. The van der Waals surface area contributed by atoms with Crippen molar-refractivity contribution in [2.24, 2.45) is 0 Å². The van der Waals surface area contributed by atoms with E-state index >= 15 is 0 Å². The van der Waals surface area contributed by atoms with E-state index in [1.807, 2.05) is 0 Å². The third kappa shape index (κ3) is 1.40. The number of hydrogen-bond acceptors (Lipinski definition) is 2. The Morgan fingerprint density at radius 3 is 2.82 bits per heavy atom. The molecule has 1 N–H and O–H groups in total. The Kier molecular flexibility index (Phi) is 2.51. The van der Waals surface area contributed by atoms with E-state index in [0.717, 1.165) is 6.42 Å². The predicted octanol–water partition coefficient (Wildman–Crippen LogP) is -1.85. The average Bonchev–Trinajstić information content (AvgIpc) is 2.35. The molecular formula is C6H10N2O2Pb. The molecule has 60 valence electrons. The first-order valence-electron chi connectivity index (χ1n) is 3.36. The van der Waals surface area contributed by atoms with Gasteiger partial charge >= 0.3 is 27.3 Å². The van der Waals surface area contributed by atoms with Crippen molar-refractivity contribution in [3.8, 4) is 0 Å². The van der Waals surface area contributed by atoms with Gasteiger partial charge in [-0.3, -0.25) is 9.59 Å². The van der Waals surface area contributed by atoms with Gasteiger partial charge in [0, 0.05) is 6.42 Å². The number of hydrogen-bond donors (Lipinski definition) is 1. The number of rotatable bonds is 0. The van der Waals surface area contributed by atoms with E-state index in [2.05, 4.69) is 5.32 Å². The molecule has 0 bridgehead atoms. The van der Waals surface area contributed by atoms with E-state index in [-0.39, 0.29) is 51.8 Å². The fraction of sp³-hybridized carbons (Fsp3) is 0.667. The van der Waals surface area contributed by atoms with Crippen LogP contribution < -0.4 is 5.32 Å². The van der Waals surface area contributed by atoms with E-state index in [9.17, 15) is 9.59 Å². The molecule has 0 saturated carbocycles. The number of nitrogens with zero attached hydrogens (tertiary/aromatic N) is 1. The van der Waals surface area contributed by atoms with Crippen molar-refractivity contribution < 1.29 is 9.59 Å². The molecule has 2 heterocycles. The van der Waals surface area contributed by atoms with Crippen molar-refractivity contribution >= 4 is 39.1 Å². The van der Waals surface area contributed by atoms with Crippen LogP contribution in [-0.4, -0.2) is 56.7 Å². The Hall–Kier alpha value is -0.138. The van der Waals surface area contributed by atoms with Gasteiger partial charge in [0.2, 0.25) is 11.8 Å². The molecule has 2 rings (SSSR count). The van der Waals surface area contributed by atoms with Gasteiger partial charge in [0.05, 0.1) is 0 Å². The number of nitrogens with one attached hydrogen (secondary N) is 1. The summed E-state index contributed by atoms with van der Waals surface area (Å²) in [6, 6.07) is 0. The van der Waals surface area contributed by atoms with Gasteiger partial charge in [0.25, 0.3) is 0 Å². The van der Waals surface area contributed by atoms with Crippen LogP contribution in [0.5, 0.6) is 0 Å². The van der Waals surface area contributed by atoms with Gasteiger partial charge < -0.3 is 10.2 Å². The minimum atomic E-state index is -0.0296. The van der Waals surface area contributed by atoms with Gasteiger partial charge in [0.15, 0.2) is 0 Å². The molecule has 1 atom stereocenters. The summed E-state index contributed by atoms with van der Waals surface area (Å²) < 4.78 is 0. The first kappa shape index (κ1) is 8.95. The third-order valence-corrected chi connectivity index (χ3v) is 1.97. The fourth-order valence-corrected chi connectivity index (χ4v) is 1.47. The van der Waals surface area contributed by atoms with Crippen molar-refractivity contribution in [3.05, 3.63) is 0 Å². The monoisotopic (exact) mass is 350 g/mol. The second kappa shape index (κ2) is 3.08. The average molecular weight is 349 g/mol. The van der Waals surface area contributed by atoms with Crippen LogP contribution >= 0.6 is 0 Å². The van der Waals surface area contributed by atoms with Crippen molar-refractivity contribution in [1.29, 1.82) is 0 Å². The quantitative estimate of drug-likeness (QED) is 0.522. The van der Waals surface area contributed by atoms with E-state index in [0.29, 0.717) is 6.42 Å². The number of amides is 2. The van der Waals surface area contributed by atoms with Crippen LogP contribution in [0.2, 0.25) is 0 Å². The molecule has 1 unspecified atom stereocenters. The summed E-state index contributed by atoms with van der Waals surface area (Å²) in [6.45, 7) is 0.267. The summed E-state index contributed by atoms with van der Waals surface area (Å²) in [6.07, 6.45) is 1.38. The summed E-state index contributed by atoms with van der Waals surface area (Å²) >= 11 is 0. The van der Waals surface area contributed by atoms with Gasteiger partial charge in [-0.2, -0.15) is 0 Å². The van der Waals surface area contributed by atoms with Crippen LogP contribution in [0.1, 0.15) is 12.8 Å². The Morgan fingerprint density at radius 1 is 1.45 bits per heavy atom.